The molecular weight excluding hydrogens is 265 g/mol. The largest absolute Gasteiger partial charge is 0.336 e. The van der Waals surface area contributed by atoms with Crippen molar-refractivity contribution in [2.45, 2.75) is 19.4 Å². The zero-order valence-electron chi connectivity index (χ0n) is 11.1. The van der Waals surface area contributed by atoms with Crippen molar-refractivity contribution < 1.29 is 14.1 Å². The minimum atomic E-state index is -0.787. The van der Waals surface area contributed by atoms with Crippen molar-refractivity contribution >= 4 is 11.6 Å². The van der Waals surface area contributed by atoms with E-state index in [4.69, 9.17) is 5.73 Å². The minimum Gasteiger partial charge on any atom is -0.336 e. The molecule has 6 nitrogen and oxygen atoms in total. The second kappa shape index (κ2) is 5.54. The molecule has 0 spiro atoms. The molecule has 2 rings (SSSR count). The first-order chi connectivity index (χ1) is 9.42. The van der Waals surface area contributed by atoms with Crippen molar-refractivity contribution in [1.29, 1.82) is 0 Å². The van der Waals surface area contributed by atoms with Crippen LogP contribution in [0.1, 0.15) is 23.7 Å². The third-order valence-corrected chi connectivity index (χ3v) is 3.60. The minimum absolute atomic E-state index is 0.00113. The van der Waals surface area contributed by atoms with E-state index in [1.54, 1.807) is 4.90 Å². The Morgan fingerprint density at radius 2 is 2.25 bits per heavy atom. The van der Waals surface area contributed by atoms with Crippen LogP contribution in [0.2, 0.25) is 0 Å². The Hall–Kier alpha value is -2.02. The van der Waals surface area contributed by atoms with Gasteiger partial charge in [0.15, 0.2) is 0 Å². The van der Waals surface area contributed by atoms with Gasteiger partial charge in [-0.15, -0.1) is 0 Å². The van der Waals surface area contributed by atoms with Crippen LogP contribution in [-0.2, 0) is 0 Å². The Labute approximate surface area is 115 Å². The maximum atomic E-state index is 13.4. The number of nitrogens with zero attached hydrogens (tertiary/aromatic N) is 2. The highest BCUT2D eigenvalue weighted by Crippen LogP contribution is 2.25. The number of nitrogens with two attached hydrogens (primary N) is 1. The average Bonchev–Trinajstić information content (AvgIpc) is 2.78. The summed E-state index contributed by atoms with van der Waals surface area (Å²) in [6, 6.07) is 2.93. The van der Waals surface area contributed by atoms with Crippen LogP contribution < -0.4 is 5.73 Å². The Kier molecular flexibility index (Phi) is 3.99. The number of nitro benzene ring substituents is 1. The Bertz CT molecular complexity index is 550. The van der Waals surface area contributed by atoms with Gasteiger partial charge in [0.05, 0.1) is 11.0 Å². The number of carbonyl (C=O) groups is 1. The fraction of sp³-hybridized carbons (Fsp3) is 0.462. The van der Waals surface area contributed by atoms with E-state index in [0.29, 0.717) is 13.1 Å². The Balaban J connectivity index is 2.27. The molecule has 2 unspecified atom stereocenters. The first-order valence-electron chi connectivity index (χ1n) is 6.38. The normalized spacial score (nSPS) is 22.1. The van der Waals surface area contributed by atoms with Gasteiger partial charge in [-0.05, 0) is 31.9 Å². The summed E-state index contributed by atoms with van der Waals surface area (Å²) in [7, 11) is 0. The van der Waals surface area contributed by atoms with Crippen molar-refractivity contribution in [3.63, 3.8) is 0 Å². The number of likely N-dealkylation sites (tertiary alicyclic amines) is 1. The van der Waals surface area contributed by atoms with E-state index in [0.717, 1.165) is 24.6 Å². The number of halogens is 1. The van der Waals surface area contributed by atoms with E-state index in [1.165, 1.54) is 0 Å². The molecule has 2 atom stereocenters. The molecule has 7 heteroatoms. The van der Waals surface area contributed by atoms with Crippen LogP contribution in [0, 0.1) is 21.8 Å². The highest BCUT2D eigenvalue weighted by molar-refractivity contribution is 5.95. The summed E-state index contributed by atoms with van der Waals surface area (Å²) in [5.74, 6) is -0.960. The lowest BCUT2D eigenvalue weighted by molar-refractivity contribution is -0.385. The van der Waals surface area contributed by atoms with Crippen molar-refractivity contribution in [2.24, 2.45) is 11.7 Å². The van der Waals surface area contributed by atoms with E-state index in [-0.39, 0.29) is 17.5 Å². The molecule has 1 aromatic rings. The van der Waals surface area contributed by atoms with Crippen LogP contribution in [-0.4, -0.2) is 34.9 Å². The number of hydrogen-bond acceptors (Lipinski definition) is 4. The zero-order chi connectivity index (χ0) is 14.9. The smallest absolute Gasteiger partial charge is 0.273 e. The molecule has 0 aromatic heterocycles. The average molecular weight is 281 g/mol. The van der Waals surface area contributed by atoms with Gasteiger partial charge in [0, 0.05) is 24.2 Å². The van der Waals surface area contributed by atoms with Crippen molar-refractivity contribution in [2.75, 3.05) is 13.1 Å². The third-order valence-electron chi connectivity index (χ3n) is 3.60. The van der Waals surface area contributed by atoms with Gasteiger partial charge in [0.25, 0.3) is 11.6 Å². The number of nitro groups is 1. The number of benzene rings is 1. The standard InChI is InChI=1S/C13H16FN3O3/c1-8-2-9(6-15)7-16(8)13(18)10-3-11(14)5-12(4-10)17(19)20/h3-5,8-9H,2,6-7,15H2,1H3. The number of carbonyl (C=O) groups excluding carboxylic acids is 1. The topological polar surface area (TPSA) is 89.5 Å². The van der Waals surface area contributed by atoms with Crippen molar-refractivity contribution in [3.8, 4) is 0 Å². The quantitative estimate of drug-likeness (QED) is 0.672. The van der Waals surface area contributed by atoms with E-state index in [2.05, 4.69) is 0 Å². The molecule has 0 bridgehead atoms. The number of amides is 1. The monoisotopic (exact) mass is 281 g/mol. The number of hydrogen-bond donors (Lipinski definition) is 1. The molecule has 0 radical (unpaired) electrons. The third kappa shape index (κ3) is 2.77. The predicted octanol–water partition coefficient (Wildman–Crippen LogP) is 1.54. The van der Waals surface area contributed by atoms with Crippen molar-refractivity contribution in [3.05, 3.63) is 39.7 Å². The number of rotatable bonds is 3. The molecule has 20 heavy (non-hydrogen) atoms. The first kappa shape index (κ1) is 14.4. The lowest BCUT2D eigenvalue weighted by Crippen LogP contribution is -2.34. The Morgan fingerprint density at radius 1 is 1.55 bits per heavy atom. The molecule has 0 aliphatic carbocycles. The molecule has 1 aliphatic rings. The fourth-order valence-corrected chi connectivity index (χ4v) is 2.56. The summed E-state index contributed by atoms with van der Waals surface area (Å²) in [6.07, 6.45) is 0.791. The maximum Gasteiger partial charge on any atom is 0.273 e. The molecule has 1 heterocycles. The predicted molar refractivity (Wildman–Crippen MR) is 70.7 cm³/mol. The molecule has 0 saturated carbocycles. The fourth-order valence-electron chi connectivity index (χ4n) is 2.56. The van der Waals surface area contributed by atoms with Crippen LogP contribution in [0.3, 0.4) is 0 Å². The Morgan fingerprint density at radius 3 is 2.80 bits per heavy atom. The van der Waals surface area contributed by atoms with Gasteiger partial charge in [-0.3, -0.25) is 14.9 Å². The lowest BCUT2D eigenvalue weighted by Gasteiger charge is -2.21. The molecular formula is C13H16FN3O3. The summed E-state index contributed by atoms with van der Waals surface area (Å²) >= 11 is 0. The van der Waals surface area contributed by atoms with E-state index < -0.39 is 22.3 Å². The van der Waals surface area contributed by atoms with Gasteiger partial charge in [-0.1, -0.05) is 0 Å². The van der Waals surface area contributed by atoms with Crippen LogP contribution in [0.15, 0.2) is 18.2 Å². The molecule has 1 fully saturated rings. The summed E-state index contributed by atoms with van der Waals surface area (Å²) < 4.78 is 13.4. The van der Waals surface area contributed by atoms with Crippen molar-refractivity contribution in [1.82, 2.24) is 4.90 Å². The van der Waals surface area contributed by atoms with Gasteiger partial charge in [-0.2, -0.15) is 0 Å². The van der Waals surface area contributed by atoms with Gasteiger partial charge >= 0.3 is 0 Å². The van der Waals surface area contributed by atoms with Gasteiger partial charge in [-0.25, -0.2) is 4.39 Å². The molecule has 1 aromatic carbocycles. The van der Waals surface area contributed by atoms with Crippen LogP contribution in [0.5, 0.6) is 0 Å². The summed E-state index contributed by atoms with van der Waals surface area (Å²) in [5.41, 5.74) is 5.18. The first-order valence-corrected chi connectivity index (χ1v) is 6.38. The van der Waals surface area contributed by atoms with Crippen LogP contribution in [0.4, 0.5) is 10.1 Å². The molecule has 1 aliphatic heterocycles. The molecule has 108 valence electrons. The summed E-state index contributed by atoms with van der Waals surface area (Å²) in [6.45, 7) is 2.87. The zero-order valence-corrected chi connectivity index (χ0v) is 11.1. The maximum absolute atomic E-state index is 13.4. The van der Waals surface area contributed by atoms with Crippen LogP contribution in [0.25, 0.3) is 0 Å². The van der Waals surface area contributed by atoms with Gasteiger partial charge < -0.3 is 10.6 Å². The van der Waals surface area contributed by atoms with E-state index in [9.17, 15) is 19.3 Å². The summed E-state index contributed by atoms with van der Waals surface area (Å²) in [5, 5.41) is 10.7. The van der Waals surface area contributed by atoms with Gasteiger partial charge in [0.2, 0.25) is 0 Å². The lowest BCUT2D eigenvalue weighted by atomic mass is 10.1. The molecule has 1 saturated heterocycles. The highest BCUT2D eigenvalue weighted by Gasteiger charge is 2.32. The second-order valence-electron chi connectivity index (χ2n) is 5.10. The summed E-state index contributed by atoms with van der Waals surface area (Å²) in [4.78, 5) is 23.9. The molecule has 2 N–H and O–H groups in total. The number of non-ortho nitro benzene ring substituents is 1. The highest BCUT2D eigenvalue weighted by atomic mass is 19.1. The second-order valence-corrected chi connectivity index (χ2v) is 5.10. The molecule has 1 amide bonds. The van der Waals surface area contributed by atoms with E-state index in [1.807, 2.05) is 6.92 Å². The SMILES string of the molecule is CC1CC(CN)CN1C(=O)c1cc(F)cc([N+](=O)[O-])c1. The van der Waals surface area contributed by atoms with Gasteiger partial charge in [0.1, 0.15) is 5.82 Å². The van der Waals surface area contributed by atoms with E-state index >= 15 is 0 Å². The van der Waals surface area contributed by atoms with Crippen LogP contribution >= 0.6 is 0 Å².